The van der Waals surface area contributed by atoms with E-state index in [9.17, 15) is 5.11 Å². The first-order valence-corrected chi connectivity index (χ1v) is 8.33. The number of hydrogen-bond acceptors (Lipinski definition) is 1. The molecule has 0 amide bonds. The van der Waals surface area contributed by atoms with Crippen LogP contribution in [0.1, 0.15) is 91.9 Å². The molecule has 19 heavy (non-hydrogen) atoms. The Morgan fingerprint density at radius 2 is 1.37 bits per heavy atom. The lowest BCUT2D eigenvalue weighted by Crippen LogP contribution is -2.32. The number of aliphatic hydroxyl groups excluding tert-OH is 1. The zero-order valence-corrected chi connectivity index (χ0v) is 13.6. The van der Waals surface area contributed by atoms with Gasteiger partial charge in [0.25, 0.3) is 0 Å². The van der Waals surface area contributed by atoms with Crippen molar-refractivity contribution in [3.05, 3.63) is 0 Å². The number of aliphatic hydroxyl groups is 1. The Morgan fingerprint density at radius 3 is 1.89 bits per heavy atom. The van der Waals surface area contributed by atoms with Crippen LogP contribution < -0.4 is 0 Å². The van der Waals surface area contributed by atoms with E-state index in [1.807, 2.05) is 0 Å². The fraction of sp³-hybridized carbons (Fsp3) is 0.889. The second-order valence-corrected chi connectivity index (χ2v) is 5.66. The highest BCUT2D eigenvalue weighted by Gasteiger charge is 2.31. The van der Waals surface area contributed by atoms with Crippen LogP contribution in [0.15, 0.2) is 0 Å². The van der Waals surface area contributed by atoms with Crippen molar-refractivity contribution < 1.29 is 5.11 Å². The van der Waals surface area contributed by atoms with Crippen LogP contribution >= 0.6 is 0 Å². The van der Waals surface area contributed by atoms with Crippen LogP contribution in [-0.4, -0.2) is 11.2 Å². The average molecular weight is 266 g/mol. The Labute approximate surface area is 121 Å². The molecule has 0 aromatic rings. The molecule has 1 N–H and O–H groups in total. The van der Waals surface area contributed by atoms with E-state index in [0.29, 0.717) is 0 Å². The van der Waals surface area contributed by atoms with Crippen molar-refractivity contribution in [2.45, 2.75) is 98.0 Å². The highest BCUT2D eigenvalue weighted by Crippen LogP contribution is 2.34. The summed E-state index contributed by atoms with van der Waals surface area (Å²) in [5.41, 5.74) is 0.00806. The normalized spacial score (nSPS) is 12.9. The molecule has 0 aromatic carbocycles. The average Bonchev–Trinajstić information content (AvgIpc) is 2.44. The number of rotatable bonds is 10. The van der Waals surface area contributed by atoms with Crippen LogP contribution in [0.2, 0.25) is 0 Å². The van der Waals surface area contributed by atoms with E-state index < -0.39 is 6.10 Å². The third-order valence-corrected chi connectivity index (χ3v) is 4.59. The van der Waals surface area contributed by atoms with Gasteiger partial charge < -0.3 is 5.11 Å². The van der Waals surface area contributed by atoms with Gasteiger partial charge in [0.05, 0.1) is 0 Å². The molecule has 1 unspecified atom stereocenters. The highest BCUT2D eigenvalue weighted by molar-refractivity contribution is 5.09. The van der Waals surface area contributed by atoms with Gasteiger partial charge in [-0.1, -0.05) is 65.7 Å². The largest absolute Gasteiger partial charge is 0.380 e. The molecule has 112 valence electrons. The van der Waals surface area contributed by atoms with Crippen molar-refractivity contribution in [1.82, 2.24) is 0 Å². The molecule has 0 bridgehead atoms. The monoisotopic (exact) mass is 266 g/mol. The maximum Gasteiger partial charge on any atom is 0.120 e. The zero-order chi connectivity index (χ0) is 14.6. The van der Waals surface area contributed by atoms with E-state index in [0.717, 1.165) is 25.7 Å². The summed E-state index contributed by atoms with van der Waals surface area (Å²) in [7, 11) is 0. The molecular formula is C18H34O. The summed E-state index contributed by atoms with van der Waals surface area (Å²) in [6.07, 6.45) is 11.3. The minimum Gasteiger partial charge on any atom is -0.380 e. The number of unbranched alkanes of at least 4 members (excludes halogenated alkanes) is 6. The number of hydrogen-bond donors (Lipinski definition) is 1. The topological polar surface area (TPSA) is 20.2 Å². The zero-order valence-electron chi connectivity index (χ0n) is 13.6. The van der Waals surface area contributed by atoms with Crippen molar-refractivity contribution in [1.29, 1.82) is 0 Å². The SMILES string of the molecule is CCCCCCCCC#CC(O)C(CC)(CC)CC. The first-order valence-electron chi connectivity index (χ1n) is 8.33. The van der Waals surface area contributed by atoms with Gasteiger partial charge in [0, 0.05) is 11.8 Å². The fourth-order valence-corrected chi connectivity index (χ4v) is 2.65. The van der Waals surface area contributed by atoms with Crippen molar-refractivity contribution in [2.24, 2.45) is 5.41 Å². The lowest BCUT2D eigenvalue weighted by atomic mass is 9.75. The minimum absolute atomic E-state index is 0.00806. The second-order valence-electron chi connectivity index (χ2n) is 5.66. The van der Waals surface area contributed by atoms with Gasteiger partial charge >= 0.3 is 0 Å². The quantitative estimate of drug-likeness (QED) is 0.419. The Morgan fingerprint density at radius 1 is 0.842 bits per heavy atom. The predicted octanol–water partition coefficient (Wildman–Crippen LogP) is 5.32. The molecule has 1 atom stereocenters. The second kappa shape index (κ2) is 11.4. The molecule has 0 aliphatic carbocycles. The molecule has 1 heteroatoms. The standard InChI is InChI=1S/C18H34O/c1-5-9-10-11-12-13-14-15-16-17(19)18(6-2,7-3)8-4/h17,19H,5-14H2,1-4H3. The maximum atomic E-state index is 10.3. The van der Waals surface area contributed by atoms with Gasteiger partial charge in [-0.25, -0.2) is 0 Å². The molecule has 0 rings (SSSR count). The molecule has 0 saturated heterocycles. The van der Waals surface area contributed by atoms with E-state index in [1.54, 1.807) is 0 Å². The molecule has 0 heterocycles. The van der Waals surface area contributed by atoms with E-state index in [2.05, 4.69) is 39.5 Å². The van der Waals surface area contributed by atoms with Crippen LogP contribution in [0, 0.1) is 17.3 Å². The lowest BCUT2D eigenvalue weighted by Gasteiger charge is -2.32. The molecule has 0 spiro atoms. The van der Waals surface area contributed by atoms with Gasteiger partial charge in [0.15, 0.2) is 0 Å². The van der Waals surface area contributed by atoms with Crippen molar-refractivity contribution in [3.63, 3.8) is 0 Å². The van der Waals surface area contributed by atoms with Gasteiger partial charge in [0.2, 0.25) is 0 Å². The fourth-order valence-electron chi connectivity index (χ4n) is 2.65. The molecule has 0 saturated carbocycles. The van der Waals surface area contributed by atoms with Crippen LogP contribution in [-0.2, 0) is 0 Å². The van der Waals surface area contributed by atoms with Crippen LogP contribution in [0.4, 0.5) is 0 Å². The lowest BCUT2D eigenvalue weighted by molar-refractivity contribution is 0.0570. The highest BCUT2D eigenvalue weighted by atomic mass is 16.3. The van der Waals surface area contributed by atoms with Crippen molar-refractivity contribution in [2.75, 3.05) is 0 Å². The smallest absolute Gasteiger partial charge is 0.120 e. The van der Waals surface area contributed by atoms with Gasteiger partial charge in [-0.15, -0.1) is 5.92 Å². The Bertz CT molecular complexity index is 246. The summed E-state index contributed by atoms with van der Waals surface area (Å²) in [4.78, 5) is 0. The molecule has 1 nitrogen and oxygen atoms in total. The Balaban J connectivity index is 3.93. The summed E-state index contributed by atoms with van der Waals surface area (Å²) < 4.78 is 0. The van der Waals surface area contributed by atoms with E-state index in [4.69, 9.17) is 0 Å². The first kappa shape index (κ1) is 18.5. The van der Waals surface area contributed by atoms with Crippen LogP contribution in [0.3, 0.4) is 0 Å². The molecule has 0 fully saturated rings. The maximum absolute atomic E-state index is 10.3. The summed E-state index contributed by atoms with van der Waals surface area (Å²) >= 11 is 0. The summed E-state index contributed by atoms with van der Waals surface area (Å²) in [6, 6.07) is 0. The van der Waals surface area contributed by atoms with Crippen molar-refractivity contribution >= 4 is 0 Å². The molecular weight excluding hydrogens is 232 g/mol. The summed E-state index contributed by atoms with van der Waals surface area (Å²) in [5, 5.41) is 10.3. The Kier molecular flexibility index (Phi) is 11.1. The molecule has 0 aliphatic rings. The summed E-state index contributed by atoms with van der Waals surface area (Å²) in [5.74, 6) is 6.27. The molecule has 0 aromatic heterocycles. The molecule has 0 aliphatic heterocycles. The molecule has 0 radical (unpaired) electrons. The van der Waals surface area contributed by atoms with E-state index >= 15 is 0 Å². The van der Waals surface area contributed by atoms with Gasteiger partial charge in [-0.2, -0.15) is 0 Å². The first-order chi connectivity index (χ1) is 9.16. The van der Waals surface area contributed by atoms with Gasteiger partial charge in [-0.05, 0) is 25.7 Å². The third-order valence-electron chi connectivity index (χ3n) is 4.59. The van der Waals surface area contributed by atoms with Gasteiger partial charge in [-0.3, -0.25) is 0 Å². The minimum atomic E-state index is -0.451. The summed E-state index contributed by atoms with van der Waals surface area (Å²) in [6.45, 7) is 8.72. The van der Waals surface area contributed by atoms with E-state index in [1.165, 1.54) is 38.5 Å². The third kappa shape index (κ3) is 7.02. The van der Waals surface area contributed by atoms with E-state index in [-0.39, 0.29) is 5.41 Å². The van der Waals surface area contributed by atoms with Crippen LogP contribution in [0.5, 0.6) is 0 Å². The van der Waals surface area contributed by atoms with Crippen LogP contribution in [0.25, 0.3) is 0 Å². The van der Waals surface area contributed by atoms with Crippen molar-refractivity contribution in [3.8, 4) is 11.8 Å². The van der Waals surface area contributed by atoms with Gasteiger partial charge in [0.1, 0.15) is 6.10 Å². The Hall–Kier alpha value is -0.480. The predicted molar refractivity (Wildman–Crippen MR) is 85.1 cm³/mol.